The van der Waals surface area contributed by atoms with Crippen LogP contribution < -0.4 is 10.5 Å². The van der Waals surface area contributed by atoms with Crippen LogP contribution in [0.4, 0.5) is 6.01 Å². The predicted octanol–water partition coefficient (Wildman–Crippen LogP) is 2.24. The van der Waals surface area contributed by atoms with Crippen molar-refractivity contribution in [3.8, 4) is 17.1 Å². The highest BCUT2D eigenvalue weighted by Gasteiger charge is 2.07. The van der Waals surface area contributed by atoms with E-state index in [1.54, 1.807) is 13.3 Å². The highest BCUT2D eigenvalue weighted by atomic mass is 16.5. The second kappa shape index (κ2) is 3.65. The third kappa shape index (κ3) is 1.79. The first-order valence-corrected chi connectivity index (χ1v) is 4.57. The summed E-state index contributed by atoms with van der Waals surface area (Å²) >= 11 is 0. The Morgan fingerprint density at radius 3 is 2.73 bits per heavy atom. The summed E-state index contributed by atoms with van der Waals surface area (Å²) in [5.74, 6) is 1.50. The summed E-state index contributed by atoms with van der Waals surface area (Å²) in [6.07, 6.45) is 1.62. The molecule has 0 atom stereocenters. The second-order valence-electron chi connectivity index (χ2n) is 3.24. The Hall–Kier alpha value is -1.97. The van der Waals surface area contributed by atoms with Crippen LogP contribution in [-0.4, -0.2) is 12.1 Å². The van der Waals surface area contributed by atoms with Crippen LogP contribution in [0.15, 0.2) is 28.8 Å². The summed E-state index contributed by atoms with van der Waals surface area (Å²) in [4.78, 5) is 3.86. The van der Waals surface area contributed by atoms with Gasteiger partial charge >= 0.3 is 0 Å². The van der Waals surface area contributed by atoms with Crippen LogP contribution in [-0.2, 0) is 0 Å². The third-order valence-electron chi connectivity index (χ3n) is 2.22. The number of aromatic nitrogens is 1. The van der Waals surface area contributed by atoms with Crippen molar-refractivity contribution in [3.05, 3.63) is 30.0 Å². The lowest BCUT2D eigenvalue weighted by molar-refractivity contribution is 0.414. The van der Waals surface area contributed by atoms with Crippen LogP contribution in [0.25, 0.3) is 11.3 Å². The van der Waals surface area contributed by atoms with Crippen LogP contribution in [0.1, 0.15) is 5.56 Å². The van der Waals surface area contributed by atoms with E-state index in [4.69, 9.17) is 14.9 Å². The number of hydrogen-bond donors (Lipinski definition) is 1. The Morgan fingerprint density at radius 1 is 1.40 bits per heavy atom. The van der Waals surface area contributed by atoms with Gasteiger partial charge in [-0.25, -0.2) is 4.98 Å². The Labute approximate surface area is 87.7 Å². The largest absolute Gasteiger partial charge is 0.497 e. The van der Waals surface area contributed by atoms with Crippen molar-refractivity contribution in [1.82, 2.24) is 4.98 Å². The average molecular weight is 204 g/mol. The summed E-state index contributed by atoms with van der Waals surface area (Å²) in [6.45, 7) is 1.98. The number of benzene rings is 1. The normalized spacial score (nSPS) is 10.3. The van der Waals surface area contributed by atoms with Crippen molar-refractivity contribution in [2.45, 2.75) is 6.92 Å². The maximum absolute atomic E-state index is 5.42. The molecule has 0 saturated carbocycles. The zero-order valence-corrected chi connectivity index (χ0v) is 8.65. The molecule has 2 aromatic rings. The first-order chi connectivity index (χ1) is 7.20. The van der Waals surface area contributed by atoms with Gasteiger partial charge in [-0.15, -0.1) is 0 Å². The molecule has 1 aromatic carbocycles. The van der Waals surface area contributed by atoms with Crippen molar-refractivity contribution < 1.29 is 9.15 Å². The molecule has 0 fully saturated rings. The fourth-order valence-corrected chi connectivity index (χ4v) is 1.45. The lowest BCUT2D eigenvalue weighted by Gasteiger charge is -2.04. The quantitative estimate of drug-likeness (QED) is 0.814. The van der Waals surface area contributed by atoms with Crippen molar-refractivity contribution >= 4 is 6.01 Å². The molecule has 0 aliphatic heterocycles. The minimum absolute atomic E-state index is 0.181. The van der Waals surface area contributed by atoms with Crippen molar-refractivity contribution in [3.63, 3.8) is 0 Å². The van der Waals surface area contributed by atoms with E-state index in [0.29, 0.717) is 5.76 Å². The van der Waals surface area contributed by atoms with Crippen LogP contribution in [0, 0.1) is 6.92 Å². The maximum Gasteiger partial charge on any atom is 0.292 e. The van der Waals surface area contributed by atoms with Gasteiger partial charge in [-0.05, 0) is 30.7 Å². The molecule has 0 radical (unpaired) electrons. The molecule has 0 unspecified atom stereocenters. The number of rotatable bonds is 2. The molecular weight excluding hydrogens is 192 g/mol. The van der Waals surface area contributed by atoms with E-state index in [9.17, 15) is 0 Å². The molecule has 2 rings (SSSR count). The summed E-state index contributed by atoms with van der Waals surface area (Å²) in [6, 6.07) is 5.92. The molecule has 4 heteroatoms. The monoisotopic (exact) mass is 204 g/mol. The highest BCUT2D eigenvalue weighted by molar-refractivity contribution is 5.63. The number of oxazole rings is 1. The van der Waals surface area contributed by atoms with E-state index in [1.807, 2.05) is 25.1 Å². The number of nitrogens with zero attached hydrogens (tertiary/aromatic N) is 1. The number of nitrogen functional groups attached to an aromatic ring is 1. The van der Waals surface area contributed by atoms with Crippen molar-refractivity contribution in [1.29, 1.82) is 0 Å². The van der Waals surface area contributed by atoms with Crippen LogP contribution in [0.2, 0.25) is 0 Å². The Balaban J connectivity index is 2.45. The first kappa shape index (κ1) is 9.58. The molecule has 0 aliphatic rings. The Bertz CT molecular complexity index is 477. The van der Waals surface area contributed by atoms with Gasteiger partial charge in [-0.2, -0.15) is 0 Å². The summed E-state index contributed by atoms with van der Waals surface area (Å²) in [5.41, 5.74) is 7.45. The smallest absolute Gasteiger partial charge is 0.292 e. The number of aryl methyl sites for hydroxylation is 1. The lowest BCUT2D eigenvalue weighted by atomic mass is 10.1. The van der Waals surface area contributed by atoms with Crippen molar-refractivity contribution in [2.75, 3.05) is 12.8 Å². The van der Waals surface area contributed by atoms with E-state index in [-0.39, 0.29) is 6.01 Å². The third-order valence-corrected chi connectivity index (χ3v) is 2.22. The first-order valence-electron chi connectivity index (χ1n) is 4.57. The molecule has 0 amide bonds. The van der Waals surface area contributed by atoms with Gasteiger partial charge in [0.05, 0.1) is 13.3 Å². The molecule has 2 N–H and O–H groups in total. The maximum atomic E-state index is 5.42. The van der Waals surface area contributed by atoms with E-state index in [2.05, 4.69) is 4.98 Å². The topological polar surface area (TPSA) is 61.3 Å². The van der Waals surface area contributed by atoms with Gasteiger partial charge in [0.15, 0.2) is 5.76 Å². The molecule has 0 spiro atoms. The summed E-state index contributed by atoms with van der Waals surface area (Å²) in [5, 5.41) is 0. The molecule has 78 valence electrons. The molecule has 0 bridgehead atoms. The molecule has 0 aliphatic carbocycles. The van der Waals surface area contributed by atoms with Gasteiger partial charge in [-0.3, -0.25) is 0 Å². The van der Waals surface area contributed by atoms with E-state index in [0.717, 1.165) is 16.9 Å². The van der Waals surface area contributed by atoms with Crippen LogP contribution >= 0.6 is 0 Å². The van der Waals surface area contributed by atoms with E-state index >= 15 is 0 Å². The number of methoxy groups -OCH3 is 1. The zero-order chi connectivity index (χ0) is 10.8. The van der Waals surface area contributed by atoms with Crippen LogP contribution in [0.3, 0.4) is 0 Å². The number of ether oxygens (including phenoxy) is 1. The Morgan fingerprint density at radius 2 is 2.20 bits per heavy atom. The van der Waals surface area contributed by atoms with Crippen molar-refractivity contribution in [2.24, 2.45) is 0 Å². The minimum atomic E-state index is 0.181. The number of nitrogens with two attached hydrogens (primary N) is 1. The molecule has 4 nitrogen and oxygen atoms in total. The van der Waals surface area contributed by atoms with Gasteiger partial charge in [0.25, 0.3) is 6.01 Å². The zero-order valence-electron chi connectivity index (χ0n) is 8.65. The molecule has 15 heavy (non-hydrogen) atoms. The molecular formula is C11H12N2O2. The SMILES string of the molecule is COc1ccc(-c2cnc(N)o2)c(C)c1. The fourth-order valence-electron chi connectivity index (χ4n) is 1.45. The molecule has 0 saturated heterocycles. The lowest BCUT2D eigenvalue weighted by Crippen LogP contribution is -1.86. The van der Waals surface area contributed by atoms with Gasteiger partial charge in [0, 0.05) is 5.56 Å². The summed E-state index contributed by atoms with van der Waals surface area (Å²) < 4.78 is 10.4. The van der Waals surface area contributed by atoms with Crippen LogP contribution in [0.5, 0.6) is 5.75 Å². The van der Waals surface area contributed by atoms with Gasteiger partial charge < -0.3 is 14.9 Å². The van der Waals surface area contributed by atoms with E-state index in [1.165, 1.54) is 0 Å². The number of anilines is 1. The molecule has 1 aromatic heterocycles. The predicted molar refractivity (Wildman–Crippen MR) is 57.6 cm³/mol. The summed E-state index contributed by atoms with van der Waals surface area (Å²) in [7, 11) is 1.64. The standard InChI is InChI=1S/C11H12N2O2/c1-7-5-8(14-2)3-4-9(7)10-6-13-11(12)15-10/h3-6H,1-2H3,(H2,12,13). The van der Waals surface area contributed by atoms with Gasteiger partial charge in [-0.1, -0.05) is 0 Å². The Kier molecular flexibility index (Phi) is 2.33. The average Bonchev–Trinajstić information content (AvgIpc) is 2.64. The minimum Gasteiger partial charge on any atom is -0.497 e. The highest BCUT2D eigenvalue weighted by Crippen LogP contribution is 2.27. The van der Waals surface area contributed by atoms with Gasteiger partial charge in [0.2, 0.25) is 0 Å². The fraction of sp³-hybridized carbons (Fsp3) is 0.182. The van der Waals surface area contributed by atoms with E-state index < -0.39 is 0 Å². The van der Waals surface area contributed by atoms with Gasteiger partial charge in [0.1, 0.15) is 5.75 Å². The second-order valence-corrected chi connectivity index (χ2v) is 3.24. The molecule has 1 heterocycles. The number of hydrogen-bond acceptors (Lipinski definition) is 4.